The molecule has 1 unspecified atom stereocenters. The summed E-state index contributed by atoms with van der Waals surface area (Å²) in [7, 11) is 1.69. The van der Waals surface area contributed by atoms with Gasteiger partial charge in [0.2, 0.25) is 5.91 Å². The second kappa shape index (κ2) is 7.41. The number of nitrogens with one attached hydrogen (secondary N) is 1. The third-order valence-electron chi connectivity index (χ3n) is 3.90. The van der Waals surface area contributed by atoms with Gasteiger partial charge in [-0.3, -0.25) is 14.2 Å². The van der Waals surface area contributed by atoms with Crippen LogP contribution in [0, 0.1) is 6.92 Å². The number of carbonyl (C=O) groups is 1. The van der Waals surface area contributed by atoms with Gasteiger partial charge in [-0.2, -0.15) is 0 Å². The molecular formula is C18H19N3O2S2. The maximum absolute atomic E-state index is 12.4. The Bertz CT molecular complexity index is 961. The Hall–Kier alpha value is -2.12. The van der Waals surface area contributed by atoms with Crippen LogP contribution in [0.25, 0.3) is 10.2 Å². The summed E-state index contributed by atoms with van der Waals surface area (Å²) in [6.45, 7) is 4.34. The highest BCUT2D eigenvalue weighted by Crippen LogP contribution is 2.23. The van der Waals surface area contributed by atoms with Crippen molar-refractivity contribution in [2.45, 2.75) is 30.8 Å². The summed E-state index contributed by atoms with van der Waals surface area (Å²) in [5.74, 6) is -0.0777. The van der Waals surface area contributed by atoms with E-state index in [0.717, 1.165) is 5.56 Å². The number of hydrogen-bond donors (Lipinski definition) is 1. The zero-order chi connectivity index (χ0) is 18.0. The molecule has 2 aromatic heterocycles. The van der Waals surface area contributed by atoms with Crippen LogP contribution in [0.15, 0.2) is 45.7 Å². The van der Waals surface area contributed by atoms with Gasteiger partial charge in [0.15, 0.2) is 5.16 Å². The van der Waals surface area contributed by atoms with Crippen molar-refractivity contribution in [2.75, 3.05) is 0 Å². The van der Waals surface area contributed by atoms with Crippen LogP contribution < -0.4 is 10.9 Å². The first-order valence-corrected chi connectivity index (χ1v) is 9.66. The standard InChI is InChI=1S/C18H19N3O2S2/c1-11-4-6-13(7-5-11)10-19-15(22)12(2)25-18-20-16-14(8-9-24-16)17(23)21(18)3/h4-9,12H,10H2,1-3H3,(H,19,22). The number of aryl methyl sites for hydroxylation is 1. The molecule has 0 bridgehead atoms. The van der Waals surface area contributed by atoms with Gasteiger partial charge in [-0.1, -0.05) is 41.6 Å². The minimum absolute atomic E-state index is 0.0777. The van der Waals surface area contributed by atoms with E-state index in [0.29, 0.717) is 21.9 Å². The molecule has 1 aromatic carbocycles. The minimum Gasteiger partial charge on any atom is -0.351 e. The van der Waals surface area contributed by atoms with Crippen LogP contribution in [-0.2, 0) is 18.4 Å². The third-order valence-corrected chi connectivity index (χ3v) is 5.85. The number of amides is 1. The molecule has 3 rings (SSSR count). The minimum atomic E-state index is -0.346. The van der Waals surface area contributed by atoms with E-state index in [2.05, 4.69) is 10.3 Å². The molecule has 5 nitrogen and oxygen atoms in total. The third kappa shape index (κ3) is 3.93. The lowest BCUT2D eigenvalue weighted by Gasteiger charge is -2.13. The van der Waals surface area contributed by atoms with E-state index in [1.165, 1.54) is 33.2 Å². The molecule has 130 valence electrons. The van der Waals surface area contributed by atoms with E-state index in [-0.39, 0.29) is 16.7 Å². The topological polar surface area (TPSA) is 64.0 Å². The molecule has 0 aliphatic rings. The average molecular weight is 374 g/mol. The van der Waals surface area contributed by atoms with Crippen LogP contribution in [0.5, 0.6) is 0 Å². The van der Waals surface area contributed by atoms with Crippen LogP contribution in [0.1, 0.15) is 18.1 Å². The highest BCUT2D eigenvalue weighted by molar-refractivity contribution is 8.00. The number of fused-ring (bicyclic) bond motifs is 1. The fraction of sp³-hybridized carbons (Fsp3) is 0.278. The smallest absolute Gasteiger partial charge is 0.262 e. The molecule has 0 saturated heterocycles. The van der Waals surface area contributed by atoms with E-state index in [1.54, 1.807) is 13.1 Å². The Morgan fingerprint density at radius 2 is 2.04 bits per heavy atom. The highest BCUT2D eigenvalue weighted by atomic mass is 32.2. The lowest BCUT2D eigenvalue weighted by atomic mass is 10.1. The molecule has 1 amide bonds. The molecule has 0 spiro atoms. The van der Waals surface area contributed by atoms with Crippen molar-refractivity contribution in [1.82, 2.24) is 14.9 Å². The number of nitrogens with zero attached hydrogens (tertiary/aromatic N) is 2. The summed E-state index contributed by atoms with van der Waals surface area (Å²) in [6.07, 6.45) is 0. The van der Waals surface area contributed by atoms with E-state index in [1.807, 2.05) is 43.5 Å². The van der Waals surface area contributed by atoms with Crippen molar-refractivity contribution in [3.63, 3.8) is 0 Å². The summed E-state index contributed by atoms with van der Waals surface area (Å²) in [5.41, 5.74) is 2.16. The first-order chi connectivity index (χ1) is 12.0. The van der Waals surface area contributed by atoms with E-state index >= 15 is 0 Å². The highest BCUT2D eigenvalue weighted by Gasteiger charge is 2.18. The van der Waals surface area contributed by atoms with E-state index in [9.17, 15) is 9.59 Å². The van der Waals surface area contributed by atoms with Gasteiger partial charge in [-0.15, -0.1) is 11.3 Å². The lowest BCUT2D eigenvalue weighted by molar-refractivity contribution is -0.120. The van der Waals surface area contributed by atoms with Crippen LogP contribution >= 0.6 is 23.1 Å². The summed E-state index contributed by atoms with van der Waals surface area (Å²) in [4.78, 5) is 29.9. The van der Waals surface area contributed by atoms with Crippen molar-refractivity contribution < 1.29 is 4.79 Å². The van der Waals surface area contributed by atoms with Crippen molar-refractivity contribution in [2.24, 2.45) is 7.05 Å². The monoisotopic (exact) mass is 373 g/mol. The van der Waals surface area contributed by atoms with Crippen molar-refractivity contribution in [3.05, 3.63) is 57.2 Å². The predicted octanol–water partition coefficient (Wildman–Crippen LogP) is 3.10. The first kappa shape index (κ1) is 17.7. The van der Waals surface area contributed by atoms with Crippen molar-refractivity contribution >= 4 is 39.2 Å². The second-order valence-corrected chi connectivity index (χ2v) is 8.06. The zero-order valence-corrected chi connectivity index (χ0v) is 15.9. The fourth-order valence-electron chi connectivity index (χ4n) is 2.34. The zero-order valence-electron chi connectivity index (χ0n) is 14.3. The molecular weight excluding hydrogens is 354 g/mol. The molecule has 0 aliphatic heterocycles. The summed E-state index contributed by atoms with van der Waals surface area (Å²) in [6, 6.07) is 9.83. The summed E-state index contributed by atoms with van der Waals surface area (Å²) in [5, 5.41) is 5.61. The Labute approximate surface area is 154 Å². The molecule has 25 heavy (non-hydrogen) atoms. The molecule has 1 N–H and O–H groups in total. The van der Waals surface area contributed by atoms with Crippen LogP contribution in [0.3, 0.4) is 0 Å². The maximum Gasteiger partial charge on any atom is 0.262 e. The average Bonchev–Trinajstić information content (AvgIpc) is 3.07. The SMILES string of the molecule is Cc1ccc(CNC(=O)C(C)Sc2nc3sccc3c(=O)n2C)cc1. The largest absolute Gasteiger partial charge is 0.351 e. The summed E-state index contributed by atoms with van der Waals surface area (Å²) >= 11 is 2.72. The van der Waals surface area contributed by atoms with Crippen LogP contribution in [0.4, 0.5) is 0 Å². The molecule has 0 radical (unpaired) electrons. The Balaban J connectivity index is 1.68. The Kier molecular flexibility index (Phi) is 5.24. The van der Waals surface area contributed by atoms with Crippen molar-refractivity contribution in [3.8, 4) is 0 Å². The number of hydrogen-bond acceptors (Lipinski definition) is 5. The van der Waals surface area contributed by atoms with E-state index in [4.69, 9.17) is 0 Å². The number of benzene rings is 1. The van der Waals surface area contributed by atoms with Gasteiger partial charge in [0.25, 0.3) is 5.56 Å². The van der Waals surface area contributed by atoms with Gasteiger partial charge in [-0.05, 0) is 30.9 Å². The lowest BCUT2D eigenvalue weighted by Crippen LogP contribution is -2.31. The Morgan fingerprint density at radius 3 is 2.76 bits per heavy atom. The normalized spacial score (nSPS) is 12.3. The molecule has 0 saturated carbocycles. The van der Waals surface area contributed by atoms with Crippen molar-refractivity contribution in [1.29, 1.82) is 0 Å². The van der Waals surface area contributed by atoms with E-state index < -0.39 is 0 Å². The molecule has 0 aliphatic carbocycles. The van der Waals surface area contributed by atoms with Crippen LogP contribution in [-0.4, -0.2) is 20.7 Å². The predicted molar refractivity (Wildman–Crippen MR) is 103 cm³/mol. The van der Waals surface area contributed by atoms with Crippen LogP contribution in [0.2, 0.25) is 0 Å². The van der Waals surface area contributed by atoms with Gasteiger partial charge in [0, 0.05) is 13.6 Å². The molecule has 2 heterocycles. The summed E-state index contributed by atoms with van der Waals surface area (Å²) < 4.78 is 1.50. The van der Waals surface area contributed by atoms with Gasteiger partial charge >= 0.3 is 0 Å². The number of rotatable bonds is 5. The van der Waals surface area contributed by atoms with Gasteiger partial charge < -0.3 is 5.32 Å². The number of thioether (sulfide) groups is 1. The number of thiophene rings is 1. The van der Waals surface area contributed by atoms with Gasteiger partial charge in [-0.25, -0.2) is 4.98 Å². The molecule has 3 aromatic rings. The number of carbonyl (C=O) groups excluding carboxylic acids is 1. The first-order valence-electron chi connectivity index (χ1n) is 7.90. The maximum atomic E-state index is 12.4. The molecule has 7 heteroatoms. The fourth-order valence-corrected chi connectivity index (χ4v) is 4.04. The van der Waals surface area contributed by atoms with Gasteiger partial charge in [0.05, 0.1) is 10.6 Å². The number of aromatic nitrogens is 2. The quantitative estimate of drug-likeness (QED) is 0.551. The Morgan fingerprint density at radius 1 is 1.32 bits per heavy atom. The molecule has 0 fully saturated rings. The second-order valence-electron chi connectivity index (χ2n) is 5.86. The molecule has 1 atom stereocenters. The van der Waals surface area contributed by atoms with Gasteiger partial charge in [0.1, 0.15) is 4.83 Å².